The molecule has 3 amide bonds. The molecule has 0 saturated carbocycles. The molecule has 0 saturated heterocycles. The Hall–Kier alpha value is -3.87. The topological polar surface area (TPSA) is 87.7 Å². The molecular formula is C36H49N3O4. The molecule has 0 aromatic heterocycles. The average Bonchev–Trinajstić information content (AvgIpc) is 2.96. The molecule has 3 rings (SSSR count). The fraction of sp³-hybridized carbons (Fsp3) is 0.472. The van der Waals surface area contributed by atoms with E-state index in [0.717, 1.165) is 47.6 Å². The van der Waals surface area contributed by atoms with E-state index in [1.165, 1.54) is 0 Å². The zero-order valence-electron chi connectivity index (χ0n) is 26.9. The summed E-state index contributed by atoms with van der Waals surface area (Å²) in [5.41, 5.74) is 1.61. The number of fused-ring (bicyclic) bond motifs is 1. The number of carbonyl (C=O) groups is 3. The molecule has 3 aromatic carbocycles. The number of hydrogen-bond acceptors (Lipinski definition) is 4. The third-order valence-corrected chi connectivity index (χ3v) is 7.75. The zero-order chi connectivity index (χ0) is 31.6. The maximum Gasteiger partial charge on any atom is 0.408 e. The first-order valence-electron chi connectivity index (χ1n) is 15.6. The van der Waals surface area contributed by atoms with E-state index in [1.807, 2.05) is 87.5 Å². The summed E-state index contributed by atoms with van der Waals surface area (Å²) in [6, 6.07) is 19.7. The summed E-state index contributed by atoms with van der Waals surface area (Å²) >= 11 is 0. The van der Waals surface area contributed by atoms with E-state index in [2.05, 4.69) is 17.6 Å². The highest BCUT2D eigenvalue weighted by molar-refractivity contribution is 6.00. The predicted molar refractivity (Wildman–Crippen MR) is 175 cm³/mol. The second kappa shape index (κ2) is 15.6. The molecule has 43 heavy (non-hydrogen) atoms. The number of aryl methyl sites for hydroxylation is 1. The summed E-state index contributed by atoms with van der Waals surface area (Å²) in [5.74, 6) is -0.772. The van der Waals surface area contributed by atoms with Crippen molar-refractivity contribution >= 4 is 34.4 Å². The van der Waals surface area contributed by atoms with Crippen LogP contribution in [0.25, 0.3) is 10.8 Å². The van der Waals surface area contributed by atoms with Gasteiger partial charge in [0.15, 0.2) is 0 Å². The van der Waals surface area contributed by atoms with Crippen molar-refractivity contribution in [3.05, 3.63) is 77.9 Å². The quantitative estimate of drug-likeness (QED) is 0.197. The molecule has 3 unspecified atom stereocenters. The number of carbonyl (C=O) groups excluding carboxylic acids is 3. The first-order chi connectivity index (χ1) is 20.4. The fourth-order valence-electron chi connectivity index (χ4n) is 5.19. The van der Waals surface area contributed by atoms with Gasteiger partial charge in [-0.2, -0.15) is 0 Å². The van der Waals surface area contributed by atoms with Crippen LogP contribution < -0.4 is 10.6 Å². The minimum atomic E-state index is -0.895. The van der Waals surface area contributed by atoms with E-state index in [0.29, 0.717) is 18.7 Å². The van der Waals surface area contributed by atoms with E-state index < -0.39 is 23.8 Å². The third kappa shape index (κ3) is 9.57. The summed E-state index contributed by atoms with van der Waals surface area (Å²) < 4.78 is 5.53. The monoisotopic (exact) mass is 587 g/mol. The van der Waals surface area contributed by atoms with Gasteiger partial charge in [0, 0.05) is 12.2 Å². The van der Waals surface area contributed by atoms with Gasteiger partial charge in [-0.3, -0.25) is 9.59 Å². The second-order valence-corrected chi connectivity index (χ2v) is 12.4. The maximum atomic E-state index is 14.5. The summed E-state index contributed by atoms with van der Waals surface area (Å²) in [7, 11) is 0. The van der Waals surface area contributed by atoms with Crippen molar-refractivity contribution in [2.45, 2.75) is 98.3 Å². The van der Waals surface area contributed by atoms with Crippen molar-refractivity contribution in [3.8, 4) is 0 Å². The van der Waals surface area contributed by atoms with E-state index in [9.17, 15) is 14.4 Å². The maximum absolute atomic E-state index is 14.5. The highest BCUT2D eigenvalue weighted by atomic mass is 16.6. The smallest absolute Gasteiger partial charge is 0.408 e. The lowest BCUT2D eigenvalue weighted by molar-refractivity contribution is -0.142. The SMILES string of the molecule is CCCCCCN(C(=O)C(NC(=O)OC(C)(C)C)C(C)CC)C(C(=O)Nc1ccc2ccccc2c1)c1ccccc1C. The molecular weight excluding hydrogens is 538 g/mol. The lowest BCUT2D eigenvalue weighted by Crippen LogP contribution is -2.55. The first kappa shape index (κ1) is 33.6. The number of benzene rings is 3. The number of ether oxygens (including phenoxy) is 1. The number of nitrogens with one attached hydrogen (secondary N) is 2. The van der Waals surface area contributed by atoms with Crippen LogP contribution in [0.1, 0.15) is 90.8 Å². The number of alkyl carbamates (subject to hydrolysis) is 1. The first-order valence-corrected chi connectivity index (χ1v) is 15.6. The Morgan fingerprint density at radius 3 is 2.21 bits per heavy atom. The summed E-state index contributed by atoms with van der Waals surface area (Å²) in [4.78, 5) is 43.4. The van der Waals surface area contributed by atoms with E-state index in [4.69, 9.17) is 4.74 Å². The zero-order valence-corrected chi connectivity index (χ0v) is 26.9. The van der Waals surface area contributed by atoms with Gasteiger partial charge in [-0.1, -0.05) is 101 Å². The Morgan fingerprint density at radius 2 is 1.56 bits per heavy atom. The number of anilines is 1. The van der Waals surface area contributed by atoms with Crippen LogP contribution in [-0.2, 0) is 14.3 Å². The number of hydrogen-bond donors (Lipinski definition) is 2. The molecule has 0 bridgehead atoms. The molecule has 0 aliphatic rings. The van der Waals surface area contributed by atoms with Gasteiger partial charge in [-0.05, 0) is 74.1 Å². The predicted octanol–water partition coefficient (Wildman–Crippen LogP) is 8.18. The van der Waals surface area contributed by atoms with Crippen LogP contribution in [0.3, 0.4) is 0 Å². The van der Waals surface area contributed by atoms with Crippen molar-refractivity contribution in [2.75, 3.05) is 11.9 Å². The van der Waals surface area contributed by atoms with Crippen molar-refractivity contribution in [2.24, 2.45) is 5.92 Å². The highest BCUT2D eigenvalue weighted by Crippen LogP contribution is 2.29. The van der Waals surface area contributed by atoms with Crippen LogP contribution in [0.5, 0.6) is 0 Å². The van der Waals surface area contributed by atoms with Gasteiger partial charge >= 0.3 is 6.09 Å². The Bertz CT molecular complexity index is 1380. The lowest BCUT2D eigenvalue weighted by atomic mass is 9.94. The van der Waals surface area contributed by atoms with Crippen molar-refractivity contribution < 1.29 is 19.1 Å². The van der Waals surface area contributed by atoms with E-state index in [1.54, 1.807) is 25.7 Å². The van der Waals surface area contributed by atoms with Gasteiger partial charge in [0.2, 0.25) is 5.91 Å². The second-order valence-electron chi connectivity index (χ2n) is 12.4. The molecule has 232 valence electrons. The van der Waals surface area contributed by atoms with Crippen molar-refractivity contribution in [1.82, 2.24) is 10.2 Å². The Kier molecular flexibility index (Phi) is 12.2. The van der Waals surface area contributed by atoms with Gasteiger partial charge in [0.1, 0.15) is 17.7 Å². The van der Waals surface area contributed by atoms with Crippen LogP contribution in [0, 0.1) is 12.8 Å². The van der Waals surface area contributed by atoms with Crippen LogP contribution in [0.15, 0.2) is 66.7 Å². The van der Waals surface area contributed by atoms with Crippen LogP contribution in [0.4, 0.5) is 10.5 Å². The Balaban J connectivity index is 2.05. The molecule has 0 aliphatic heterocycles. The highest BCUT2D eigenvalue weighted by Gasteiger charge is 2.38. The molecule has 7 nitrogen and oxygen atoms in total. The van der Waals surface area contributed by atoms with Crippen molar-refractivity contribution in [1.29, 1.82) is 0 Å². The molecule has 0 spiro atoms. The van der Waals surface area contributed by atoms with Crippen LogP contribution in [-0.4, -0.2) is 41.0 Å². The molecule has 0 radical (unpaired) electrons. The van der Waals surface area contributed by atoms with E-state index >= 15 is 0 Å². The minimum absolute atomic E-state index is 0.181. The van der Waals surface area contributed by atoms with E-state index in [-0.39, 0.29) is 17.7 Å². The summed E-state index contributed by atoms with van der Waals surface area (Å²) in [6.07, 6.45) is 3.77. The third-order valence-electron chi connectivity index (χ3n) is 7.75. The van der Waals surface area contributed by atoms with Gasteiger partial charge in [0.25, 0.3) is 5.91 Å². The standard InChI is InChI=1S/C36H49N3O4/c1-8-10-11-16-23-39(34(41)31(25(3)9-2)38-35(42)43-36(5,6)7)32(30-20-15-12-17-26(30)4)33(40)37-29-22-21-27-18-13-14-19-28(27)24-29/h12-15,17-22,24-25,31-32H,8-11,16,23H2,1-7H3,(H,37,40)(H,38,42). The van der Waals surface area contributed by atoms with Gasteiger partial charge in [-0.25, -0.2) is 4.79 Å². The lowest BCUT2D eigenvalue weighted by Gasteiger charge is -2.36. The Morgan fingerprint density at radius 1 is 0.884 bits per heavy atom. The molecule has 0 fully saturated rings. The van der Waals surface area contributed by atoms with Gasteiger partial charge < -0.3 is 20.3 Å². The van der Waals surface area contributed by atoms with Gasteiger partial charge in [-0.15, -0.1) is 0 Å². The number of rotatable bonds is 13. The largest absolute Gasteiger partial charge is 0.444 e. The fourth-order valence-corrected chi connectivity index (χ4v) is 5.19. The molecule has 3 aromatic rings. The van der Waals surface area contributed by atoms with Crippen LogP contribution in [0.2, 0.25) is 0 Å². The molecule has 2 N–H and O–H groups in total. The van der Waals surface area contributed by atoms with Crippen LogP contribution >= 0.6 is 0 Å². The van der Waals surface area contributed by atoms with Crippen molar-refractivity contribution in [3.63, 3.8) is 0 Å². The molecule has 0 aliphatic carbocycles. The number of unbranched alkanes of at least 4 members (excludes halogenated alkanes) is 3. The minimum Gasteiger partial charge on any atom is -0.444 e. The number of amides is 3. The molecule has 7 heteroatoms. The molecule has 3 atom stereocenters. The van der Waals surface area contributed by atoms with Gasteiger partial charge in [0.05, 0.1) is 0 Å². The number of nitrogens with zero attached hydrogens (tertiary/aromatic N) is 1. The summed E-state index contributed by atoms with van der Waals surface area (Å²) in [5, 5.41) is 8.05. The average molecular weight is 588 g/mol. The molecule has 0 heterocycles. The Labute approximate surface area is 257 Å². The summed E-state index contributed by atoms with van der Waals surface area (Å²) in [6.45, 7) is 13.8. The normalized spacial score (nSPS) is 13.6.